The number of hydrogen-bond donors (Lipinski definition) is 1. The Bertz CT molecular complexity index is 866. The molecule has 1 aliphatic rings. The summed E-state index contributed by atoms with van der Waals surface area (Å²) in [5, 5.41) is 10.8. The molecule has 1 atom stereocenters. The van der Waals surface area contributed by atoms with Crippen molar-refractivity contribution < 1.29 is 19.0 Å². The summed E-state index contributed by atoms with van der Waals surface area (Å²) in [6.45, 7) is 5.47. The molecule has 0 saturated carbocycles. The van der Waals surface area contributed by atoms with Crippen molar-refractivity contribution in [1.82, 2.24) is 4.90 Å². The molecule has 0 aliphatic carbocycles. The lowest BCUT2D eigenvalue weighted by Crippen LogP contribution is -3.19. The number of benzene rings is 2. The highest BCUT2D eigenvalue weighted by Crippen LogP contribution is 2.19. The zero-order valence-corrected chi connectivity index (χ0v) is 16.7. The third-order valence-electron chi connectivity index (χ3n) is 5.50. The second-order valence-electron chi connectivity index (χ2n) is 7.46. The number of halogens is 1. The van der Waals surface area contributed by atoms with Crippen molar-refractivity contribution in [1.29, 1.82) is 0 Å². The Morgan fingerprint density at radius 1 is 1.24 bits per heavy atom. The number of nitro groups is 1. The molecule has 2 aromatic carbocycles. The maximum absolute atomic E-state index is 13.4. The number of piperazine rings is 1. The number of nitrogens with one attached hydrogen (secondary N) is 1. The van der Waals surface area contributed by atoms with Gasteiger partial charge in [0.15, 0.2) is 6.04 Å². The van der Waals surface area contributed by atoms with Gasteiger partial charge in [-0.2, -0.15) is 0 Å². The summed E-state index contributed by atoms with van der Waals surface area (Å²) in [5.74, 6) is -0.266. The molecule has 1 amide bonds. The van der Waals surface area contributed by atoms with Crippen LogP contribution >= 0.6 is 0 Å². The van der Waals surface area contributed by atoms with Crippen LogP contribution in [0.3, 0.4) is 0 Å². The van der Waals surface area contributed by atoms with Crippen LogP contribution in [0.25, 0.3) is 0 Å². The Morgan fingerprint density at radius 3 is 2.48 bits per heavy atom. The van der Waals surface area contributed by atoms with Gasteiger partial charge < -0.3 is 14.7 Å². The highest BCUT2D eigenvalue weighted by atomic mass is 19.1. The molecular weight excluding hydrogens is 375 g/mol. The van der Waals surface area contributed by atoms with E-state index >= 15 is 0 Å². The zero-order valence-electron chi connectivity index (χ0n) is 16.7. The fourth-order valence-corrected chi connectivity index (χ4v) is 3.76. The third-order valence-corrected chi connectivity index (χ3v) is 5.50. The average Bonchev–Trinajstić information content (AvgIpc) is 2.73. The lowest BCUT2D eigenvalue weighted by atomic mass is 10.1. The van der Waals surface area contributed by atoms with Gasteiger partial charge in [-0.1, -0.05) is 12.1 Å². The number of nitrogens with zero attached hydrogens (tertiary/aromatic N) is 3. The molecule has 1 N–H and O–H groups in total. The van der Waals surface area contributed by atoms with Gasteiger partial charge in [0.1, 0.15) is 5.82 Å². The van der Waals surface area contributed by atoms with Crippen molar-refractivity contribution in [2.24, 2.45) is 0 Å². The van der Waals surface area contributed by atoms with E-state index in [0.29, 0.717) is 6.54 Å². The van der Waals surface area contributed by atoms with Gasteiger partial charge in [0.2, 0.25) is 0 Å². The summed E-state index contributed by atoms with van der Waals surface area (Å²) in [7, 11) is 1.75. The van der Waals surface area contributed by atoms with Gasteiger partial charge in [-0.3, -0.25) is 14.9 Å². The quantitative estimate of drug-likeness (QED) is 0.588. The summed E-state index contributed by atoms with van der Waals surface area (Å²) in [6, 6.07) is 12.7. The molecule has 1 saturated heterocycles. The van der Waals surface area contributed by atoms with Crippen LogP contribution in [0.1, 0.15) is 12.5 Å². The molecule has 0 aromatic heterocycles. The summed E-state index contributed by atoms with van der Waals surface area (Å²) in [6.07, 6.45) is 0. The standard InChI is InChI=1S/C21H25FN4O3/c1-16(21(27)23(2)15-17-4-3-5-18(22)14-17)24-10-12-25(13-11-24)19-6-8-20(9-7-19)26(28)29/h3-9,14,16H,10-13,15H2,1-2H3/p+1/t16-/m0/s1. The van der Waals surface area contributed by atoms with Gasteiger partial charge in [-0.05, 0) is 36.8 Å². The van der Waals surface area contributed by atoms with Gasteiger partial charge >= 0.3 is 0 Å². The first-order valence-electron chi connectivity index (χ1n) is 9.68. The maximum atomic E-state index is 13.4. The highest BCUT2D eigenvalue weighted by molar-refractivity contribution is 5.79. The summed E-state index contributed by atoms with van der Waals surface area (Å²) in [4.78, 5) is 28.2. The minimum atomic E-state index is -0.403. The maximum Gasteiger partial charge on any atom is 0.280 e. The zero-order chi connectivity index (χ0) is 21.0. The molecule has 0 spiro atoms. The predicted molar refractivity (Wildman–Crippen MR) is 108 cm³/mol. The van der Waals surface area contributed by atoms with Crippen LogP contribution in [0.2, 0.25) is 0 Å². The van der Waals surface area contributed by atoms with Crippen molar-refractivity contribution >= 4 is 17.3 Å². The lowest BCUT2D eigenvalue weighted by Gasteiger charge is -2.37. The fourth-order valence-electron chi connectivity index (χ4n) is 3.76. The topological polar surface area (TPSA) is 71.1 Å². The van der Waals surface area contributed by atoms with E-state index in [9.17, 15) is 19.3 Å². The molecule has 154 valence electrons. The Balaban J connectivity index is 1.54. The van der Waals surface area contributed by atoms with Crippen molar-refractivity contribution in [3.05, 3.63) is 70.0 Å². The predicted octanol–water partition coefficient (Wildman–Crippen LogP) is 1.49. The van der Waals surface area contributed by atoms with Crippen LogP contribution < -0.4 is 9.80 Å². The molecule has 3 rings (SSSR count). The van der Waals surface area contributed by atoms with Gasteiger partial charge in [0, 0.05) is 31.4 Å². The molecule has 0 radical (unpaired) electrons. The monoisotopic (exact) mass is 401 g/mol. The van der Waals surface area contributed by atoms with E-state index in [2.05, 4.69) is 4.90 Å². The fraction of sp³-hybridized carbons (Fsp3) is 0.381. The number of rotatable bonds is 6. The van der Waals surface area contributed by atoms with E-state index in [1.165, 1.54) is 29.2 Å². The number of likely N-dealkylation sites (N-methyl/N-ethyl adjacent to an activating group) is 1. The van der Waals surface area contributed by atoms with Crippen LogP contribution in [-0.4, -0.2) is 55.0 Å². The first kappa shape index (κ1) is 20.7. The minimum Gasteiger partial charge on any atom is -0.360 e. The number of hydrogen-bond acceptors (Lipinski definition) is 4. The van der Waals surface area contributed by atoms with E-state index in [-0.39, 0.29) is 23.5 Å². The van der Waals surface area contributed by atoms with E-state index in [4.69, 9.17) is 0 Å². The van der Waals surface area contributed by atoms with Crippen molar-refractivity contribution in [3.8, 4) is 0 Å². The second-order valence-corrected chi connectivity index (χ2v) is 7.46. The third kappa shape index (κ3) is 5.08. The number of non-ortho nitro benzene ring substituents is 1. The number of carbonyl (C=O) groups is 1. The number of amides is 1. The largest absolute Gasteiger partial charge is 0.360 e. The molecule has 8 heteroatoms. The SMILES string of the molecule is C[C@@H](C(=O)N(C)Cc1cccc(F)c1)[NH+]1CCN(c2ccc([N+](=O)[O-])cc2)CC1. The molecule has 7 nitrogen and oxygen atoms in total. The van der Waals surface area contributed by atoms with E-state index in [1.807, 2.05) is 13.0 Å². The Morgan fingerprint density at radius 2 is 1.90 bits per heavy atom. The molecule has 1 aliphatic heterocycles. The van der Waals surface area contributed by atoms with Crippen LogP contribution in [0.4, 0.5) is 15.8 Å². The lowest BCUT2D eigenvalue weighted by molar-refractivity contribution is -0.915. The molecular formula is C21H26FN4O3+. The van der Waals surface area contributed by atoms with Crippen molar-refractivity contribution in [2.45, 2.75) is 19.5 Å². The van der Waals surface area contributed by atoms with E-state index < -0.39 is 4.92 Å². The van der Waals surface area contributed by atoms with Crippen molar-refractivity contribution in [2.75, 3.05) is 38.1 Å². The Labute approximate surface area is 169 Å². The number of carbonyl (C=O) groups excluding carboxylic acids is 1. The molecule has 1 heterocycles. The number of nitro benzene ring substituents is 1. The molecule has 1 fully saturated rings. The molecule has 0 unspecified atom stereocenters. The van der Waals surface area contributed by atoms with Crippen molar-refractivity contribution in [3.63, 3.8) is 0 Å². The smallest absolute Gasteiger partial charge is 0.280 e. The summed E-state index contributed by atoms with van der Waals surface area (Å²) >= 11 is 0. The van der Waals surface area contributed by atoms with Gasteiger partial charge in [0.25, 0.3) is 11.6 Å². The van der Waals surface area contributed by atoms with E-state index in [0.717, 1.165) is 37.4 Å². The first-order chi connectivity index (χ1) is 13.8. The summed E-state index contributed by atoms with van der Waals surface area (Å²) < 4.78 is 13.4. The highest BCUT2D eigenvalue weighted by Gasteiger charge is 2.31. The first-order valence-corrected chi connectivity index (χ1v) is 9.68. The minimum absolute atomic E-state index is 0.0352. The van der Waals surface area contributed by atoms with Gasteiger partial charge in [0.05, 0.1) is 31.1 Å². The Kier molecular flexibility index (Phi) is 6.43. The van der Waals surface area contributed by atoms with Crippen LogP contribution in [-0.2, 0) is 11.3 Å². The van der Waals surface area contributed by atoms with Crippen LogP contribution in [0.15, 0.2) is 48.5 Å². The van der Waals surface area contributed by atoms with Gasteiger partial charge in [-0.15, -0.1) is 0 Å². The molecule has 0 bridgehead atoms. The Hall–Kier alpha value is -3.00. The van der Waals surface area contributed by atoms with E-state index in [1.54, 1.807) is 30.1 Å². The molecule has 2 aromatic rings. The number of quaternary nitrogens is 1. The number of anilines is 1. The van der Waals surface area contributed by atoms with Crippen LogP contribution in [0.5, 0.6) is 0 Å². The van der Waals surface area contributed by atoms with Gasteiger partial charge in [-0.25, -0.2) is 4.39 Å². The second kappa shape index (κ2) is 9.00. The average molecular weight is 401 g/mol. The summed E-state index contributed by atoms with van der Waals surface area (Å²) in [5.41, 5.74) is 1.81. The normalized spacial score (nSPS) is 15.8. The molecule has 29 heavy (non-hydrogen) atoms. The van der Waals surface area contributed by atoms with Crippen LogP contribution in [0, 0.1) is 15.9 Å².